The van der Waals surface area contributed by atoms with Crippen LogP contribution in [0.1, 0.15) is 26.2 Å². The van der Waals surface area contributed by atoms with Crippen LogP contribution >= 0.6 is 0 Å². The summed E-state index contributed by atoms with van der Waals surface area (Å²) in [5.74, 6) is -0.686. The number of rotatable bonds is 14. The molecule has 0 bridgehead atoms. The molecule has 1 saturated heterocycles. The van der Waals surface area contributed by atoms with Crippen LogP contribution in [0.2, 0.25) is 0 Å². The van der Waals surface area contributed by atoms with Crippen molar-refractivity contribution in [1.82, 2.24) is 16.0 Å². The molecule has 1 heterocycles. The molecule has 2 fully saturated rings. The average Bonchev–Trinajstić information content (AvgIpc) is 2.80. The van der Waals surface area contributed by atoms with E-state index in [0.29, 0.717) is 13.0 Å². The number of hydrogen-bond acceptors (Lipinski definition) is 12. The van der Waals surface area contributed by atoms with E-state index in [1.807, 2.05) is 7.05 Å². The van der Waals surface area contributed by atoms with E-state index in [9.17, 15) is 40.5 Å². The normalized spacial score (nSPS) is 35.1. The van der Waals surface area contributed by atoms with Crippen LogP contribution in [0.5, 0.6) is 0 Å². The summed E-state index contributed by atoms with van der Waals surface area (Å²) in [4.78, 5) is 12.1. The van der Waals surface area contributed by atoms with Gasteiger partial charge in [-0.05, 0) is 32.9 Å². The van der Waals surface area contributed by atoms with Gasteiger partial charge in [0, 0.05) is 18.5 Å². The molecular weight excluding hydrogens is 454 g/mol. The Morgan fingerprint density at radius 2 is 1.82 bits per heavy atom. The van der Waals surface area contributed by atoms with E-state index in [1.165, 1.54) is 0 Å². The Morgan fingerprint density at radius 3 is 2.38 bits per heavy atom. The van der Waals surface area contributed by atoms with Crippen molar-refractivity contribution in [3.8, 4) is 0 Å². The van der Waals surface area contributed by atoms with Crippen molar-refractivity contribution in [1.29, 1.82) is 0 Å². The fraction of sp³-hybridized carbons (Fsp3) is 0.952. The molecule has 11 unspecified atom stereocenters. The van der Waals surface area contributed by atoms with Crippen LogP contribution in [0.15, 0.2) is 0 Å². The van der Waals surface area contributed by atoms with E-state index >= 15 is 0 Å². The van der Waals surface area contributed by atoms with Crippen molar-refractivity contribution in [3.63, 3.8) is 0 Å². The quantitative estimate of drug-likeness (QED) is 0.0817. The van der Waals surface area contributed by atoms with E-state index in [1.54, 1.807) is 6.92 Å². The molecule has 0 aromatic carbocycles. The van der Waals surface area contributed by atoms with Crippen molar-refractivity contribution >= 4 is 5.91 Å². The minimum atomic E-state index is -1.75. The first kappa shape index (κ1) is 29.3. The summed E-state index contributed by atoms with van der Waals surface area (Å²) in [7, 11) is 1.82. The second-order valence-electron chi connectivity index (χ2n) is 9.03. The minimum Gasteiger partial charge on any atom is -0.394 e. The lowest BCUT2D eigenvalue weighted by Crippen LogP contribution is -2.60. The molecule has 0 aromatic rings. The molecule has 0 radical (unpaired) electrons. The Morgan fingerprint density at radius 1 is 1.12 bits per heavy atom. The highest BCUT2D eigenvalue weighted by Gasteiger charge is 2.45. The first-order valence-electron chi connectivity index (χ1n) is 11.8. The van der Waals surface area contributed by atoms with E-state index in [4.69, 9.17) is 9.47 Å². The Kier molecular flexibility index (Phi) is 12.0. The smallest absolute Gasteiger partial charge is 0.224 e. The molecule has 1 aliphatic carbocycles. The van der Waals surface area contributed by atoms with Crippen LogP contribution in [0.3, 0.4) is 0 Å². The van der Waals surface area contributed by atoms with Gasteiger partial charge in [0.25, 0.3) is 0 Å². The number of hydrogen-bond donors (Lipinski definition) is 10. The van der Waals surface area contributed by atoms with Crippen LogP contribution in [0.4, 0.5) is 0 Å². The lowest BCUT2D eigenvalue weighted by atomic mass is 9.79. The van der Waals surface area contributed by atoms with Gasteiger partial charge in [-0.15, -0.1) is 0 Å². The number of carbonyl (C=O) groups is 1. The second-order valence-corrected chi connectivity index (χ2v) is 9.03. The first-order valence-corrected chi connectivity index (χ1v) is 11.8. The lowest BCUT2D eigenvalue weighted by Gasteiger charge is -2.43. The highest BCUT2D eigenvalue weighted by atomic mass is 16.7. The minimum absolute atomic E-state index is 0.0329. The average molecular weight is 496 g/mol. The summed E-state index contributed by atoms with van der Waals surface area (Å²) in [5, 5.41) is 78.7. The van der Waals surface area contributed by atoms with Gasteiger partial charge in [0.1, 0.15) is 30.6 Å². The number of aliphatic hydroxyl groups excluding tert-OH is 7. The van der Waals surface area contributed by atoms with Crippen molar-refractivity contribution in [2.75, 3.05) is 33.4 Å². The number of ether oxygens (including phenoxy) is 2. The zero-order valence-corrected chi connectivity index (χ0v) is 19.7. The molecule has 11 atom stereocenters. The highest BCUT2D eigenvalue weighted by Crippen LogP contribution is 2.28. The third-order valence-corrected chi connectivity index (χ3v) is 6.75. The number of carbonyl (C=O) groups excluding carboxylic acids is 1. The summed E-state index contributed by atoms with van der Waals surface area (Å²) >= 11 is 0. The van der Waals surface area contributed by atoms with Gasteiger partial charge in [-0.2, -0.15) is 0 Å². The van der Waals surface area contributed by atoms with Gasteiger partial charge in [-0.25, -0.2) is 0 Å². The van der Waals surface area contributed by atoms with Crippen molar-refractivity contribution in [2.24, 2.45) is 11.8 Å². The lowest BCUT2D eigenvalue weighted by molar-refractivity contribution is -0.318. The number of aliphatic hydroxyl groups is 7. The molecule has 13 nitrogen and oxygen atoms in total. The number of amides is 1. The zero-order chi connectivity index (χ0) is 25.4. The maximum absolute atomic E-state index is 12.1. The van der Waals surface area contributed by atoms with Gasteiger partial charge in [0.2, 0.25) is 5.91 Å². The molecule has 10 N–H and O–H groups in total. The zero-order valence-electron chi connectivity index (χ0n) is 19.7. The fourth-order valence-corrected chi connectivity index (χ4v) is 4.19. The fourth-order valence-electron chi connectivity index (χ4n) is 4.19. The predicted molar refractivity (Wildman–Crippen MR) is 118 cm³/mol. The molecule has 0 aromatic heterocycles. The summed E-state index contributed by atoms with van der Waals surface area (Å²) in [6, 6.07) is 0.189. The van der Waals surface area contributed by atoms with Crippen molar-refractivity contribution in [2.45, 2.75) is 81.4 Å². The molecule has 1 aliphatic heterocycles. The molecule has 200 valence electrons. The molecule has 13 heteroatoms. The van der Waals surface area contributed by atoms with Crippen LogP contribution < -0.4 is 16.0 Å². The van der Waals surface area contributed by atoms with Gasteiger partial charge < -0.3 is 55.9 Å². The maximum atomic E-state index is 12.1. The van der Waals surface area contributed by atoms with Crippen LogP contribution in [0, 0.1) is 11.8 Å². The third kappa shape index (κ3) is 7.27. The van der Waals surface area contributed by atoms with Crippen LogP contribution in [-0.4, -0.2) is 130 Å². The Balaban J connectivity index is 1.83. The summed E-state index contributed by atoms with van der Waals surface area (Å²) in [6.45, 7) is 0.868. The number of nitrogens with one attached hydrogen (secondary N) is 3. The molecule has 1 saturated carbocycles. The molecule has 2 aliphatic rings. The molecule has 1 amide bonds. The van der Waals surface area contributed by atoms with Gasteiger partial charge in [-0.3, -0.25) is 10.1 Å². The molecule has 2 rings (SSSR count). The Hall–Kier alpha value is -0.970. The molecule has 0 spiro atoms. The first-order chi connectivity index (χ1) is 16.2. The third-order valence-electron chi connectivity index (χ3n) is 6.75. The van der Waals surface area contributed by atoms with Crippen molar-refractivity contribution < 1.29 is 50.0 Å². The highest BCUT2D eigenvalue weighted by molar-refractivity contribution is 5.80. The maximum Gasteiger partial charge on any atom is 0.224 e. The monoisotopic (exact) mass is 495 g/mol. The molecular formula is C21H41N3O10. The standard InChI is InChI=1S/C21H41N3O10/c1-10-14(9-26)33-21(16(29)15(10)28)34-18(13(27)8-25)17(30)20(32)24-7-3-6-23-19(31)11-4-5-12(11)22-2/h10-18,20-22,24-30,32H,3-9H2,1-2H3,(H,23,31). The summed E-state index contributed by atoms with van der Waals surface area (Å²) in [6.07, 6.45) is -9.57. The summed E-state index contributed by atoms with van der Waals surface area (Å²) in [5.41, 5.74) is 0. The van der Waals surface area contributed by atoms with Gasteiger partial charge in [0.05, 0.1) is 31.3 Å². The second kappa shape index (κ2) is 13.9. The van der Waals surface area contributed by atoms with E-state index < -0.39 is 68.3 Å². The van der Waals surface area contributed by atoms with E-state index in [2.05, 4.69) is 16.0 Å². The van der Waals surface area contributed by atoms with Gasteiger partial charge >= 0.3 is 0 Å². The Labute approximate surface area is 199 Å². The topological polar surface area (TPSA) is 213 Å². The van der Waals surface area contributed by atoms with E-state index in [-0.39, 0.29) is 24.4 Å². The van der Waals surface area contributed by atoms with Gasteiger partial charge in [-0.1, -0.05) is 6.92 Å². The molecule has 34 heavy (non-hydrogen) atoms. The SMILES string of the molecule is CNC1CCC1C(=O)NCCCNC(O)C(O)C(OC1OC(CO)C(C)C(O)C1O)C(O)CO. The largest absolute Gasteiger partial charge is 0.394 e. The van der Waals surface area contributed by atoms with E-state index in [0.717, 1.165) is 12.8 Å². The van der Waals surface area contributed by atoms with Crippen LogP contribution in [0.25, 0.3) is 0 Å². The van der Waals surface area contributed by atoms with Crippen LogP contribution in [-0.2, 0) is 14.3 Å². The predicted octanol–water partition coefficient (Wildman–Crippen LogP) is -4.43. The van der Waals surface area contributed by atoms with Crippen molar-refractivity contribution in [3.05, 3.63) is 0 Å². The Bertz CT molecular complexity index is 613. The summed E-state index contributed by atoms with van der Waals surface area (Å²) < 4.78 is 10.9. The van der Waals surface area contributed by atoms with Gasteiger partial charge in [0.15, 0.2) is 6.29 Å².